The molecular formula is C21H24N4O2. The number of rotatable bonds is 5. The number of amides is 1. The number of hydrogen-bond acceptors (Lipinski definition) is 5. The Labute approximate surface area is 159 Å². The number of carbonyl (C=O) groups excluding carboxylic acids is 2. The summed E-state index contributed by atoms with van der Waals surface area (Å²) in [5.74, 6) is 1.26. The van der Waals surface area contributed by atoms with Crippen LogP contribution in [0.15, 0.2) is 36.5 Å². The highest BCUT2D eigenvalue weighted by Gasteiger charge is 2.38. The van der Waals surface area contributed by atoms with Gasteiger partial charge in [0, 0.05) is 11.6 Å². The largest absolute Gasteiger partial charge is 0.340 e. The highest BCUT2D eigenvalue weighted by Crippen LogP contribution is 2.37. The molecule has 4 rings (SSSR count). The van der Waals surface area contributed by atoms with Gasteiger partial charge in [0.25, 0.3) is 0 Å². The molecule has 27 heavy (non-hydrogen) atoms. The molecule has 6 heteroatoms. The molecule has 1 fully saturated rings. The van der Waals surface area contributed by atoms with E-state index >= 15 is 0 Å². The van der Waals surface area contributed by atoms with E-state index in [2.05, 4.69) is 15.2 Å². The van der Waals surface area contributed by atoms with Gasteiger partial charge in [-0.1, -0.05) is 50.1 Å². The fourth-order valence-electron chi connectivity index (χ4n) is 4.13. The lowest BCUT2D eigenvalue weighted by atomic mass is 10.0. The SMILES string of the molecule is CCC1C(=O)Nc2cnc(CC(=O)c3ccccc3)nc2N1C1CCCC1. The van der Waals surface area contributed by atoms with Gasteiger partial charge in [0.2, 0.25) is 5.91 Å². The zero-order chi connectivity index (χ0) is 18.8. The van der Waals surface area contributed by atoms with Crippen molar-refractivity contribution < 1.29 is 9.59 Å². The highest BCUT2D eigenvalue weighted by atomic mass is 16.2. The van der Waals surface area contributed by atoms with Crippen LogP contribution in [0.2, 0.25) is 0 Å². The number of fused-ring (bicyclic) bond motifs is 1. The van der Waals surface area contributed by atoms with Gasteiger partial charge in [-0.2, -0.15) is 0 Å². The van der Waals surface area contributed by atoms with Crippen LogP contribution in [-0.4, -0.2) is 33.7 Å². The van der Waals surface area contributed by atoms with Crippen LogP contribution in [0, 0.1) is 0 Å². The second-order valence-corrected chi connectivity index (χ2v) is 7.25. The van der Waals surface area contributed by atoms with Crippen molar-refractivity contribution in [2.75, 3.05) is 10.2 Å². The molecule has 1 saturated carbocycles. The number of nitrogens with zero attached hydrogens (tertiary/aromatic N) is 3. The standard InChI is InChI=1S/C21H24N4O2/c1-2-17-21(27)23-16-13-22-19(12-18(26)14-8-4-3-5-9-14)24-20(16)25(17)15-10-6-7-11-15/h3-5,8-9,13,15,17H,2,6-7,10-12H2,1H3,(H,23,27). The van der Waals surface area contributed by atoms with Crippen LogP contribution in [0.25, 0.3) is 0 Å². The predicted molar refractivity (Wildman–Crippen MR) is 104 cm³/mol. The minimum atomic E-state index is -0.215. The summed E-state index contributed by atoms with van der Waals surface area (Å²) in [4.78, 5) is 36.3. The molecule has 0 bridgehead atoms. The molecule has 1 aliphatic carbocycles. The first-order chi connectivity index (χ1) is 13.2. The molecule has 0 spiro atoms. The average Bonchev–Trinajstić information content (AvgIpc) is 3.22. The number of carbonyl (C=O) groups is 2. The van der Waals surface area contributed by atoms with E-state index in [0.717, 1.165) is 25.1 Å². The Balaban J connectivity index is 1.65. The monoisotopic (exact) mass is 364 g/mol. The lowest BCUT2D eigenvalue weighted by Crippen LogP contribution is -2.52. The maximum Gasteiger partial charge on any atom is 0.247 e. The van der Waals surface area contributed by atoms with E-state index in [-0.39, 0.29) is 24.2 Å². The molecule has 2 aliphatic rings. The fourth-order valence-corrected chi connectivity index (χ4v) is 4.13. The maximum absolute atomic E-state index is 12.5. The van der Waals surface area contributed by atoms with Gasteiger partial charge in [-0.05, 0) is 19.3 Å². The zero-order valence-electron chi connectivity index (χ0n) is 15.5. The van der Waals surface area contributed by atoms with Crippen LogP contribution in [-0.2, 0) is 11.2 Å². The highest BCUT2D eigenvalue weighted by molar-refractivity contribution is 6.03. The maximum atomic E-state index is 12.5. The van der Waals surface area contributed by atoms with Crippen molar-refractivity contribution in [2.24, 2.45) is 0 Å². The number of benzene rings is 1. The smallest absolute Gasteiger partial charge is 0.247 e. The molecule has 1 atom stereocenters. The molecule has 1 aliphatic heterocycles. The van der Waals surface area contributed by atoms with Crippen LogP contribution in [0.1, 0.15) is 55.2 Å². The normalized spacial score (nSPS) is 19.7. The van der Waals surface area contributed by atoms with Crippen molar-refractivity contribution in [2.45, 2.75) is 57.5 Å². The van der Waals surface area contributed by atoms with Crippen LogP contribution in [0.4, 0.5) is 11.5 Å². The van der Waals surface area contributed by atoms with Crippen molar-refractivity contribution in [1.82, 2.24) is 9.97 Å². The third kappa shape index (κ3) is 3.44. The summed E-state index contributed by atoms with van der Waals surface area (Å²) in [7, 11) is 0. The minimum Gasteiger partial charge on any atom is -0.340 e. The van der Waals surface area contributed by atoms with E-state index in [1.54, 1.807) is 18.3 Å². The Morgan fingerprint density at radius 3 is 2.67 bits per heavy atom. The van der Waals surface area contributed by atoms with Gasteiger partial charge in [0.15, 0.2) is 11.6 Å². The number of ketones is 1. The van der Waals surface area contributed by atoms with E-state index in [0.29, 0.717) is 23.1 Å². The predicted octanol–water partition coefficient (Wildman–Crippen LogP) is 3.38. The van der Waals surface area contributed by atoms with Crippen molar-refractivity contribution in [1.29, 1.82) is 0 Å². The van der Waals surface area contributed by atoms with Gasteiger partial charge in [-0.25, -0.2) is 9.97 Å². The fraction of sp³-hybridized carbons (Fsp3) is 0.429. The van der Waals surface area contributed by atoms with E-state index in [1.165, 1.54) is 12.8 Å². The summed E-state index contributed by atoms with van der Waals surface area (Å²) < 4.78 is 0. The first-order valence-electron chi connectivity index (χ1n) is 9.70. The van der Waals surface area contributed by atoms with Crippen molar-refractivity contribution in [3.63, 3.8) is 0 Å². The number of anilines is 2. The Hall–Kier alpha value is -2.76. The molecule has 1 amide bonds. The van der Waals surface area contributed by atoms with Crippen LogP contribution in [0.5, 0.6) is 0 Å². The Morgan fingerprint density at radius 2 is 1.96 bits per heavy atom. The molecule has 0 radical (unpaired) electrons. The van der Waals surface area contributed by atoms with Gasteiger partial charge >= 0.3 is 0 Å². The molecule has 6 nitrogen and oxygen atoms in total. The van der Waals surface area contributed by atoms with Gasteiger partial charge < -0.3 is 10.2 Å². The summed E-state index contributed by atoms with van der Waals surface area (Å²) in [6.07, 6.45) is 7.03. The van der Waals surface area contributed by atoms with E-state index < -0.39 is 0 Å². The number of hydrogen-bond donors (Lipinski definition) is 1. The molecule has 1 aromatic carbocycles. The zero-order valence-corrected chi connectivity index (χ0v) is 15.5. The summed E-state index contributed by atoms with van der Waals surface area (Å²) in [6.45, 7) is 2.03. The molecule has 1 aromatic heterocycles. The summed E-state index contributed by atoms with van der Waals surface area (Å²) in [6, 6.07) is 9.31. The molecule has 1 N–H and O–H groups in total. The van der Waals surface area contributed by atoms with Gasteiger partial charge in [-0.3, -0.25) is 9.59 Å². The topological polar surface area (TPSA) is 75.2 Å². The molecule has 2 aromatic rings. The first kappa shape index (κ1) is 17.6. The van der Waals surface area contributed by atoms with Gasteiger partial charge in [0.05, 0.1) is 12.6 Å². The lowest BCUT2D eigenvalue weighted by Gasteiger charge is -2.40. The van der Waals surface area contributed by atoms with Crippen molar-refractivity contribution >= 4 is 23.2 Å². The van der Waals surface area contributed by atoms with E-state index in [4.69, 9.17) is 4.98 Å². The molecular weight excluding hydrogens is 340 g/mol. The first-order valence-corrected chi connectivity index (χ1v) is 9.70. The second kappa shape index (κ2) is 7.47. The molecule has 2 heterocycles. The van der Waals surface area contributed by atoms with Crippen molar-refractivity contribution in [3.8, 4) is 0 Å². The Bertz CT molecular complexity index is 847. The molecule has 1 unspecified atom stereocenters. The van der Waals surface area contributed by atoms with Crippen LogP contribution in [0.3, 0.4) is 0 Å². The minimum absolute atomic E-state index is 0.00477. The van der Waals surface area contributed by atoms with Crippen LogP contribution >= 0.6 is 0 Å². The second-order valence-electron chi connectivity index (χ2n) is 7.25. The van der Waals surface area contributed by atoms with Crippen LogP contribution < -0.4 is 10.2 Å². The van der Waals surface area contributed by atoms with E-state index in [9.17, 15) is 9.59 Å². The molecule has 0 saturated heterocycles. The van der Waals surface area contributed by atoms with Crippen molar-refractivity contribution in [3.05, 3.63) is 47.9 Å². The number of aromatic nitrogens is 2. The third-order valence-corrected chi connectivity index (χ3v) is 5.48. The number of Topliss-reactive ketones (excluding diaryl/α,β-unsaturated/α-hetero) is 1. The third-order valence-electron chi connectivity index (χ3n) is 5.48. The molecule has 140 valence electrons. The summed E-state index contributed by atoms with van der Waals surface area (Å²) in [5, 5.41) is 2.94. The quantitative estimate of drug-likeness (QED) is 0.823. The summed E-state index contributed by atoms with van der Waals surface area (Å²) in [5.41, 5.74) is 1.30. The summed E-state index contributed by atoms with van der Waals surface area (Å²) >= 11 is 0. The number of nitrogens with one attached hydrogen (secondary N) is 1. The van der Waals surface area contributed by atoms with Gasteiger partial charge in [-0.15, -0.1) is 0 Å². The Morgan fingerprint density at radius 1 is 1.22 bits per heavy atom. The average molecular weight is 364 g/mol. The van der Waals surface area contributed by atoms with E-state index in [1.807, 2.05) is 25.1 Å². The van der Waals surface area contributed by atoms with Gasteiger partial charge in [0.1, 0.15) is 17.6 Å². The lowest BCUT2D eigenvalue weighted by molar-refractivity contribution is -0.117. The Kier molecular flexibility index (Phi) is 4.88.